The fourth-order valence-corrected chi connectivity index (χ4v) is 5.33. The number of hydrogen-bond donors (Lipinski definition) is 2. The first-order valence-electron chi connectivity index (χ1n) is 13.6. The summed E-state index contributed by atoms with van der Waals surface area (Å²) >= 11 is 0. The lowest BCUT2D eigenvalue weighted by atomic mass is 10.1. The molecule has 3 N–H and O–H groups in total. The first-order chi connectivity index (χ1) is 19.3. The quantitative estimate of drug-likeness (QED) is 0.503. The molecule has 2 aromatic carbocycles. The van der Waals surface area contributed by atoms with E-state index in [0.29, 0.717) is 42.8 Å². The lowest BCUT2D eigenvalue weighted by molar-refractivity contribution is -0.116. The fourth-order valence-electron chi connectivity index (χ4n) is 5.33. The van der Waals surface area contributed by atoms with Gasteiger partial charge in [-0.05, 0) is 56.3 Å². The normalized spacial score (nSPS) is 21.1. The Morgan fingerprint density at radius 3 is 2.75 bits per heavy atom. The number of nitrogens with one attached hydrogen (secondary N) is 1. The van der Waals surface area contributed by atoms with Gasteiger partial charge in [0.1, 0.15) is 35.0 Å². The average molecular weight is 546 g/mol. The molecule has 4 heterocycles. The van der Waals surface area contributed by atoms with Gasteiger partial charge in [0.15, 0.2) is 0 Å². The minimum atomic E-state index is -0.597. The number of amides is 2. The first kappa shape index (κ1) is 26.2. The van der Waals surface area contributed by atoms with Gasteiger partial charge < -0.3 is 25.4 Å². The number of benzene rings is 2. The molecule has 2 unspecified atom stereocenters. The molecule has 1 aromatic heterocycles. The molecule has 2 fully saturated rings. The van der Waals surface area contributed by atoms with Crippen LogP contribution in [0.3, 0.4) is 0 Å². The van der Waals surface area contributed by atoms with Crippen LogP contribution in [0.1, 0.15) is 45.8 Å². The van der Waals surface area contributed by atoms with E-state index < -0.39 is 5.91 Å². The monoisotopic (exact) mass is 545 g/mol. The highest BCUT2D eigenvalue weighted by Crippen LogP contribution is 2.54. The summed E-state index contributed by atoms with van der Waals surface area (Å²) in [4.78, 5) is 31.1. The van der Waals surface area contributed by atoms with Crippen LogP contribution in [0.25, 0.3) is 0 Å². The first-order valence-corrected chi connectivity index (χ1v) is 13.6. The highest BCUT2D eigenvalue weighted by molar-refractivity contribution is 5.93. The van der Waals surface area contributed by atoms with Gasteiger partial charge in [0.25, 0.3) is 0 Å². The topological polar surface area (TPSA) is 110 Å². The predicted molar refractivity (Wildman–Crippen MR) is 147 cm³/mol. The summed E-state index contributed by atoms with van der Waals surface area (Å²) in [7, 11) is 2.08. The van der Waals surface area contributed by atoms with Crippen LogP contribution in [-0.4, -0.2) is 65.9 Å². The Labute approximate surface area is 232 Å². The zero-order chi connectivity index (χ0) is 27.8. The molecule has 4 aliphatic rings. The Hall–Kier alpha value is -4.02. The Kier molecular flexibility index (Phi) is 7.12. The Balaban J connectivity index is 0.000000148. The van der Waals surface area contributed by atoms with E-state index in [1.54, 1.807) is 18.3 Å². The van der Waals surface area contributed by atoms with Gasteiger partial charge in [-0.15, -0.1) is 0 Å². The van der Waals surface area contributed by atoms with E-state index in [1.165, 1.54) is 11.6 Å². The van der Waals surface area contributed by atoms with Crippen molar-refractivity contribution in [2.45, 2.75) is 37.8 Å². The number of nitrogens with two attached hydrogens (primary N) is 1. The number of hydrogen-bond acceptors (Lipinski definition) is 7. The van der Waals surface area contributed by atoms with Crippen LogP contribution in [0.5, 0.6) is 17.2 Å². The van der Waals surface area contributed by atoms with Crippen LogP contribution in [0.2, 0.25) is 0 Å². The van der Waals surface area contributed by atoms with Gasteiger partial charge in [0, 0.05) is 73.5 Å². The second-order valence-corrected chi connectivity index (χ2v) is 10.7. The van der Waals surface area contributed by atoms with Crippen LogP contribution < -0.4 is 20.5 Å². The maximum Gasteiger partial charge on any atom is 0.248 e. The van der Waals surface area contributed by atoms with Crippen molar-refractivity contribution in [3.8, 4) is 17.2 Å². The molecular weight excluding hydrogens is 513 g/mol. The van der Waals surface area contributed by atoms with Crippen LogP contribution >= 0.6 is 0 Å². The molecule has 3 aromatic rings. The SMILES string of the molecule is CN1CCN(Cc2ccc(C(N)=O)cc2F)CC1.O=C1CCc2c(Oc3ccc4c(c3)C3CC3O4)ccnc2N1. The standard InChI is InChI=1S/C17H14N2O3.C13H18FN3O/c20-16-4-2-10-14(5-6-18-17(10)19-16)21-9-1-3-13-11(7-9)12-8-15(12)22-13;1-16-4-6-17(7-5-16)9-11-3-2-10(13(15)18)8-12(11)14/h1,3,5-7,12,15H,2,4,8H2,(H,18,19,20);2-3,8H,4-7,9H2,1H3,(H2,15,18). The van der Waals surface area contributed by atoms with Gasteiger partial charge in [-0.25, -0.2) is 9.37 Å². The predicted octanol–water partition coefficient (Wildman–Crippen LogP) is 3.68. The van der Waals surface area contributed by atoms with Crippen LogP contribution in [0.4, 0.5) is 10.2 Å². The summed E-state index contributed by atoms with van der Waals surface area (Å²) < 4.78 is 25.6. The number of halogens is 1. The van der Waals surface area contributed by atoms with Gasteiger partial charge >= 0.3 is 0 Å². The molecule has 10 heteroatoms. The van der Waals surface area contributed by atoms with Gasteiger partial charge in [-0.3, -0.25) is 14.5 Å². The summed E-state index contributed by atoms with van der Waals surface area (Å²) in [5.41, 5.74) is 8.15. The average Bonchev–Trinajstić information content (AvgIpc) is 3.62. The number of carbonyl (C=O) groups is 2. The summed E-state index contributed by atoms with van der Waals surface area (Å²) in [5, 5.41) is 2.79. The van der Waals surface area contributed by atoms with Crippen LogP contribution in [-0.2, 0) is 17.8 Å². The lowest BCUT2D eigenvalue weighted by Crippen LogP contribution is -2.44. The Bertz CT molecular complexity index is 1460. The van der Waals surface area contributed by atoms with Crippen molar-refractivity contribution in [2.75, 3.05) is 38.5 Å². The van der Waals surface area contributed by atoms with Crippen molar-refractivity contribution in [1.29, 1.82) is 0 Å². The molecule has 0 radical (unpaired) electrons. The molecule has 40 heavy (non-hydrogen) atoms. The van der Waals surface area contributed by atoms with Crippen molar-refractivity contribution < 1.29 is 23.5 Å². The summed E-state index contributed by atoms with van der Waals surface area (Å²) in [6.45, 7) is 4.46. The summed E-state index contributed by atoms with van der Waals surface area (Å²) in [5.74, 6) is 2.76. The third-order valence-electron chi connectivity index (χ3n) is 7.82. The number of fused-ring (bicyclic) bond motifs is 4. The van der Waals surface area contributed by atoms with E-state index in [1.807, 2.05) is 18.2 Å². The third-order valence-corrected chi connectivity index (χ3v) is 7.82. The molecule has 0 bridgehead atoms. The molecule has 1 aliphatic carbocycles. The number of likely N-dealkylation sites (N-methyl/N-ethyl adjacent to an activating group) is 1. The van der Waals surface area contributed by atoms with Crippen molar-refractivity contribution in [2.24, 2.45) is 5.73 Å². The number of rotatable bonds is 5. The second kappa shape index (κ2) is 10.9. The highest BCUT2D eigenvalue weighted by Gasteiger charge is 2.48. The lowest BCUT2D eigenvalue weighted by Gasteiger charge is -2.32. The smallest absolute Gasteiger partial charge is 0.248 e. The number of carbonyl (C=O) groups excluding carboxylic acids is 2. The molecule has 2 amide bonds. The van der Waals surface area contributed by atoms with Crippen LogP contribution in [0.15, 0.2) is 48.7 Å². The molecule has 7 rings (SSSR count). The molecular formula is C30H32FN5O4. The van der Waals surface area contributed by atoms with Crippen molar-refractivity contribution in [1.82, 2.24) is 14.8 Å². The van der Waals surface area contributed by atoms with Crippen molar-refractivity contribution in [3.05, 3.63) is 76.7 Å². The Morgan fingerprint density at radius 1 is 1.15 bits per heavy atom. The van der Waals surface area contributed by atoms with E-state index in [9.17, 15) is 14.0 Å². The van der Waals surface area contributed by atoms with Gasteiger partial charge in [0.05, 0.1) is 0 Å². The van der Waals surface area contributed by atoms with E-state index >= 15 is 0 Å². The highest BCUT2D eigenvalue weighted by atomic mass is 19.1. The summed E-state index contributed by atoms with van der Waals surface area (Å²) in [6, 6.07) is 12.3. The zero-order valence-electron chi connectivity index (χ0n) is 22.4. The Morgan fingerprint density at radius 2 is 1.98 bits per heavy atom. The largest absolute Gasteiger partial charge is 0.489 e. The molecule has 1 saturated heterocycles. The van der Waals surface area contributed by atoms with Gasteiger partial charge in [0.2, 0.25) is 11.8 Å². The number of pyridine rings is 1. The molecule has 2 atom stereocenters. The minimum Gasteiger partial charge on any atom is -0.489 e. The van der Waals surface area contributed by atoms with E-state index in [0.717, 1.165) is 55.4 Å². The van der Waals surface area contributed by atoms with E-state index in [-0.39, 0.29) is 17.3 Å². The van der Waals surface area contributed by atoms with Crippen LogP contribution in [0, 0.1) is 5.82 Å². The maximum absolute atomic E-state index is 13.8. The maximum atomic E-state index is 13.8. The summed E-state index contributed by atoms with van der Waals surface area (Å²) in [6.07, 6.45) is 4.29. The third kappa shape index (κ3) is 5.64. The number of primary amides is 1. The minimum absolute atomic E-state index is 0.00612. The number of anilines is 1. The van der Waals surface area contributed by atoms with E-state index in [2.05, 4.69) is 33.2 Å². The molecule has 9 nitrogen and oxygen atoms in total. The van der Waals surface area contributed by atoms with Gasteiger partial charge in [-0.2, -0.15) is 0 Å². The fraction of sp³-hybridized carbons (Fsp3) is 0.367. The zero-order valence-corrected chi connectivity index (χ0v) is 22.4. The number of aromatic nitrogens is 1. The number of nitrogens with zero attached hydrogens (tertiary/aromatic N) is 3. The van der Waals surface area contributed by atoms with E-state index in [4.69, 9.17) is 15.2 Å². The van der Waals surface area contributed by atoms with Crippen molar-refractivity contribution >= 4 is 17.6 Å². The van der Waals surface area contributed by atoms with Gasteiger partial charge in [-0.1, -0.05) is 6.07 Å². The molecule has 208 valence electrons. The van der Waals surface area contributed by atoms with Crippen molar-refractivity contribution in [3.63, 3.8) is 0 Å². The second-order valence-electron chi connectivity index (χ2n) is 10.7. The molecule has 0 spiro atoms. The number of ether oxygens (including phenoxy) is 2. The number of piperazine rings is 1. The molecule has 3 aliphatic heterocycles. The molecule has 1 saturated carbocycles.